The first kappa shape index (κ1) is 12.4. The molecule has 0 radical (unpaired) electrons. The molecule has 5 heteroatoms. The lowest BCUT2D eigenvalue weighted by atomic mass is 10.2. The van der Waals surface area contributed by atoms with Gasteiger partial charge in [-0.2, -0.15) is 0 Å². The van der Waals surface area contributed by atoms with E-state index in [2.05, 4.69) is 4.72 Å². The number of amides is 1. The number of carbonyl (C=O) groups excluding carboxylic acids is 1. The van der Waals surface area contributed by atoms with E-state index in [1.54, 1.807) is 12.1 Å². The molecule has 0 saturated heterocycles. The Bertz CT molecular complexity index is 293. The summed E-state index contributed by atoms with van der Waals surface area (Å²) in [6.45, 7) is 0. The van der Waals surface area contributed by atoms with Crippen molar-refractivity contribution in [2.45, 2.75) is 6.42 Å². The van der Waals surface area contributed by atoms with E-state index in [9.17, 15) is 4.79 Å². The van der Waals surface area contributed by atoms with Crippen molar-refractivity contribution < 1.29 is 9.35 Å². The molecule has 0 unspecified atom stereocenters. The van der Waals surface area contributed by atoms with Crippen LogP contribution in [0.4, 0.5) is 0 Å². The third kappa shape index (κ3) is 5.11. The lowest BCUT2D eigenvalue weighted by Gasteiger charge is -2.03. The van der Waals surface area contributed by atoms with Gasteiger partial charge in [0.25, 0.3) is 5.91 Å². The summed E-state index contributed by atoms with van der Waals surface area (Å²) in [5.41, 5.74) is 0.668. The van der Waals surface area contributed by atoms with Crippen LogP contribution in [0.3, 0.4) is 0 Å². The summed E-state index contributed by atoms with van der Waals surface area (Å²) >= 11 is 2.20. The molecule has 1 aromatic rings. The average Bonchev–Trinajstić information content (AvgIpc) is 2.30. The summed E-state index contributed by atoms with van der Waals surface area (Å²) < 4.78 is 11.2. The van der Waals surface area contributed by atoms with Gasteiger partial charge in [0.05, 0.1) is 0 Å². The van der Waals surface area contributed by atoms with Crippen LogP contribution >= 0.6 is 24.0 Å². The average molecular weight is 243 g/mol. The third-order valence-corrected chi connectivity index (χ3v) is 2.98. The normalized spacial score (nSPS) is 9.93. The molecule has 1 amide bonds. The molecule has 0 saturated carbocycles. The molecule has 0 aliphatic rings. The minimum Gasteiger partial charge on any atom is -0.330 e. The van der Waals surface area contributed by atoms with Gasteiger partial charge in [0, 0.05) is 17.1 Å². The molecule has 0 spiro atoms. The zero-order chi connectivity index (χ0) is 10.9. The Kier molecular flexibility index (Phi) is 6.31. The summed E-state index contributed by atoms with van der Waals surface area (Å²) in [6, 6.07) is 9.10. The summed E-state index contributed by atoms with van der Waals surface area (Å²) in [7, 11) is 0. The van der Waals surface area contributed by atoms with E-state index in [4.69, 9.17) is 4.55 Å². The van der Waals surface area contributed by atoms with Crippen molar-refractivity contribution in [2.24, 2.45) is 0 Å². The Morgan fingerprint density at radius 1 is 1.27 bits per heavy atom. The van der Waals surface area contributed by atoms with E-state index in [0.717, 1.165) is 24.2 Å². The van der Waals surface area contributed by atoms with Crippen molar-refractivity contribution in [2.75, 3.05) is 11.5 Å². The molecule has 1 rings (SSSR count). The van der Waals surface area contributed by atoms with Crippen LogP contribution in [-0.4, -0.2) is 22.0 Å². The van der Waals surface area contributed by atoms with Crippen LogP contribution in [0.2, 0.25) is 0 Å². The van der Waals surface area contributed by atoms with E-state index in [1.807, 2.05) is 18.2 Å². The van der Waals surface area contributed by atoms with Gasteiger partial charge in [-0.1, -0.05) is 30.1 Å². The topological polar surface area (TPSA) is 49.3 Å². The Morgan fingerprint density at radius 2 is 2.00 bits per heavy atom. The Balaban J connectivity index is 2.20. The fraction of sp³-hybridized carbons (Fsp3) is 0.300. The SMILES string of the molecule is O=C(NSCCCSO)c1ccccc1. The van der Waals surface area contributed by atoms with Crippen molar-refractivity contribution in [3.8, 4) is 0 Å². The second kappa shape index (κ2) is 7.62. The zero-order valence-corrected chi connectivity index (χ0v) is 9.81. The van der Waals surface area contributed by atoms with E-state index >= 15 is 0 Å². The van der Waals surface area contributed by atoms with Gasteiger partial charge in [-0.25, -0.2) is 0 Å². The van der Waals surface area contributed by atoms with Crippen LogP contribution in [0.15, 0.2) is 30.3 Å². The number of rotatable bonds is 6. The molecular formula is C10H13NO2S2. The van der Waals surface area contributed by atoms with Crippen molar-refractivity contribution in [1.29, 1.82) is 0 Å². The molecule has 15 heavy (non-hydrogen) atoms. The Hall–Kier alpha value is -0.650. The molecule has 0 atom stereocenters. The van der Waals surface area contributed by atoms with Gasteiger partial charge >= 0.3 is 0 Å². The maximum absolute atomic E-state index is 11.5. The fourth-order valence-electron chi connectivity index (χ4n) is 0.961. The van der Waals surface area contributed by atoms with Crippen LogP contribution in [0.5, 0.6) is 0 Å². The molecular weight excluding hydrogens is 230 g/mol. The smallest absolute Gasteiger partial charge is 0.261 e. The first-order valence-electron chi connectivity index (χ1n) is 4.58. The van der Waals surface area contributed by atoms with Crippen LogP contribution in [0.25, 0.3) is 0 Å². The van der Waals surface area contributed by atoms with Gasteiger partial charge in [-0.3, -0.25) is 9.52 Å². The number of benzene rings is 1. The second-order valence-electron chi connectivity index (χ2n) is 2.83. The minimum absolute atomic E-state index is 0.0720. The molecule has 0 aromatic heterocycles. The third-order valence-electron chi connectivity index (χ3n) is 1.68. The standard InChI is InChI=1S/C10H13NO2S2/c12-10(9-5-2-1-3-6-9)11-14-7-4-8-15-13/h1-3,5-6,13H,4,7-8H2,(H,11,12). The lowest BCUT2D eigenvalue weighted by Crippen LogP contribution is -2.16. The fourth-order valence-corrected chi connectivity index (χ4v) is 2.06. The highest BCUT2D eigenvalue weighted by Crippen LogP contribution is 2.04. The monoisotopic (exact) mass is 243 g/mol. The quantitative estimate of drug-likeness (QED) is 0.458. The van der Waals surface area contributed by atoms with Crippen molar-refractivity contribution in [3.05, 3.63) is 35.9 Å². The van der Waals surface area contributed by atoms with E-state index in [1.165, 1.54) is 11.9 Å². The van der Waals surface area contributed by atoms with Gasteiger partial charge < -0.3 is 4.55 Å². The Morgan fingerprint density at radius 3 is 2.67 bits per heavy atom. The number of carbonyl (C=O) groups is 1. The number of hydrogen-bond donors (Lipinski definition) is 2. The molecule has 0 bridgehead atoms. The van der Waals surface area contributed by atoms with Crippen molar-refractivity contribution in [3.63, 3.8) is 0 Å². The summed E-state index contributed by atoms with van der Waals surface area (Å²) in [4.78, 5) is 11.5. The molecule has 2 N–H and O–H groups in total. The van der Waals surface area contributed by atoms with Crippen LogP contribution in [-0.2, 0) is 0 Å². The van der Waals surface area contributed by atoms with E-state index < -0.39 is 0 Å². The van der Waals surface area contributed by atoms with Crippen molar-refractivity contribution >= 4 is 29.9 Å². The summed E-state index contributed by atoms with van der Waals surface area (Å²) in [6.07, 6.45) is 0.876. The van der Waals surface area contributed by atoms with Crippen LogP contribution in [0.1, 0.15) is 16.8 Å². The predicted molar refractivity (Wildman–Crippen MR) is 66.1 cm³/mol. The predicted octanol–water partition coefficient (Wildman–Crippen LogP) is 2.66. The lowest BCUT2D eigenvalue weighted by molar-refractivity contribution is 0.0984. The highest BCUT2D eigenvalue weighted by atomic mass is 32.2. The molecule has 0 aliphatic carbocycles. The molecule has 82 valence electrons. The van der Waals surface area contributed by atoms with Gasteiger partial charge in [0.2, 0.25) is 0 Å². The maximum Gasteiger partial charge on any atom is 0.261 e. The summed E-state index contributed by atoms with van der Waals surface area (Å²) in [5.74, 6) is 1.44. The first-order chi connectivity index (χ1) is 7.34. The van der Waals surface area contributed by atoms with Gasteiger partial charge in [-0.05, 0) is 30.6 Å². The molecule has 0 aliphatic heterocycles. The zero-order valence-electron chi connectivity index (χ0n) is 8.18. The van der Waals surface area contributed by atoms with Gasteiger partial charge in [0.1, 0.15) is 0 Å². The summed E-state index contributed by atoms with van der Waals surface area (Å²) in [5, 5.41) is 0. The minimum atomic E-state index is -0.0720. The second-order valence-corrected chi connectivity index (χ2v) is 4.40. The maximum atomic E-state index is 11.5. The van der Waals surface area contributed by atoms with E-state index in [0.29, 0.717) is 11.3 Å². The number of nitrogens with one attached hydrogen (secondary N) is 1. The van der Waals surface area contributed by atoms with Gasteiger partial charge in [-0.15, -0.1) is 0 Å². The van der Waals surface area contributed by atoms with Gasteiger partial charge in [0.15, 0.2) is 0 Å². The van der Waals surface area contributed by atoms with Crippen LogP contribution < -0.4 is 4.72 Å². The van der Waals surface area contributed by atoms with Crippen molar-refractivity contribution in [1.82, 2.24) is 4.72 Å². The highest BCUT2D eigenvalue weighted by molar-refractivity contribution is 7.98. The largest absolute Gasteiger partial charge is 0.330 e. The molecule has 0 heterocycles. The number of hydrogen-bond acceptors (Lipinski definition) is 4. The molecule has 3 nitrogen and oxygen atoms in total. The van der Waals surface area contributed by atoms with E-state index in [-0.39, 0.29) is 5.91 Å². The Labute approximate surface area is 98.0 Å². The molecule has 0 fully saturated rings. The molecule has 1 aromatic carbocycles. The highest BCUT2D eigenvalue weighted by Gasteiger charge is 2.02. The first-order valence-corrected chi connectivity index (χ1v) is 6.51. The van der Waals surface area contributed by atoms with Crippen LogP contribution in [0, 0.1) is 0 Å².